The lowest BCUT2D eigenvalue weighted by Gasteiger charge is -2.01. The lowest BCUT2D eigenvalue weighted by atomic mass is 10.3. The second-order valence-corrected chi connectivity index (χ2v) is 3.41. The highest BCUT2D eigenvalue weighted by Gasteiger charge is 2.09. The van der Waals surface area contributed by atoms with E-state index in [0.29, 0.717) is 0 Å². The third kappa shape index (κ3) is 2.72. The number of carbonyl (C=O) groups is 1. The molecule has 6 heteroatoms. The highest BCUT2D eigenvalue weighted by molar-refractivity contribution is 6.47. The second kappa shape index (κ2) is 4.13. The predicted molar refractivity (Wildman–Crippen MR) is 50.6 cm³/mol. The topological polar surface area (TPSA) is 50.2 Å². The van der Waals surface area contributed by atoms with Crippen molar-refractivity contribution in [1.82, 2.24) is 4.98 Å². The summed E-state index contributed by atoms with van der Waals surface area (Å²) < 4.78 is 0. The van der Waals surface area contributed by atoms with Crippen LogP contribution in [0.1, 0.15) is 5.69 Å². The lowest BCUT2D eigenvalue weighted by Crippen LogP contribution is -2.02. The molecule has 1 aromatic heterocycles. The van der Waals surface area contributed by atoms with Crippen molar-refractivity contribution < 1.29 is 9.90 Å². The molecule has 1 heterocycles. The standard InChI is InChI=1S/C7H4Cl3NO2/c8-4-1-3(2-5(12)13)11-7(10)6(4)9/h1H,2H2,(H,12,13). The van der Waals surface area contributed by atoms with Crippen LogP contribution in [0.3, 0.4) is 0 Å². The number of rotatable bonds is 2. The van der Waals surface area contributed by atoms with Crippen molar-refractivity contribution in [3.05, 3.63) is 27.0 Å². The van der Waals surface area contributed by atoms with E-state index in [2.05, 4.69) is 4.98 Å². The average Bonchev–Trinajstić information content (AvgIpc) is 1.98. The summed E-state index contributed by atoms with van der Waals surface area (Å²) in [7, 11) is 0. The van der Waals surface area contributed by atoms with E-state index < -0.39 is 5.97 Å². The van der Waals surface area contributed by atoms with Crippen molar-refractivity contribution in [2.75, 3.05) is 0 Å². The molecule has 1 N–H and O–H groups in total. The summed E-state index contributed by atoms with van der Waals surface area (Å²) in [5.74, 6) is -0.998. The van der Waals surface area contributed by atoms with Crippen LogP contribution in [0.2, 0.25) is 15.2 Å². The zero-order valence-corrected chi connectivity index (χ0v) is 8.49. The first-order valence-corrected chi connectivity index (χ1v) is 4.36. The largest absolute Gasteiger partial charge is 0.481 e. The summed E-state index contributed by atoms with van der Waals surface area (Å²) in [5.41, 5.74) is 0.284. The van der Waals surface area contributed by atoms with Crippen molar-refractivity contribution in [3.8, 4) is 0 Å². The first kappa shape index (κ1) is 10.6. The number of hydrogen-bond acceptors (Lipinski definition) is 2. The molecule has 0 aliphatic heterocycles. The van der Waals surface area contributed by atoms with Gasteiger partial charge in [-0.1, -0.05) is 34.8 Å². The van der Waals surface area contributed by atoms with E-state index in [1.165, 1.54) is 6.07 Å². The number of aromatic nitrogens is 1. The second-order valence-electron chi connectivity index (χ2n) is 2.27. The van der Waals surface area contributed by atoms with Gasteiger partial charge in [-0.25, -0.2) is 4.98 Å². The highest BCUT2D eigenvalue weighted by atomic mass is 35.5. The lowest BCUT2D eigenvalue weighted by molar-refractivity contribution is -0.136. The Bertz CT molecular complexity index is 331. The quantitative estimate of drug-likeness (QED) is 0.809. The first-order valence-electron chi connectivity index (χ1n) is 3.23. The fourth-order valence-corrected chi connectivity index (χ4v) is 1.33. The van der Waals surface area contributed by atoms with E-state index in [9.17, 15) is 4.79 Å². The van der Waals surface area contributed by atoms with Crippen LogP contribution in [0.25, 0.3) is 0 Å². The van der Waals surface area contributed by atoms with Crippen LogP contribution >= 0.6 is 34.8 Å². The molecule has 0 saturated heterocycles. The predicted octanol–water partition coefficient (Wildman–Crippen LogP) is 2.67. The fourth-order valence-electron chi connectivity index (χ4n) is 0.761. The Morgan fingerprint density at radius 3 is 2.54 bits per heavy atom. The Morgan fingerprint density at radius 1 is 1.46 bits per heavy atom. The van der Waals surface area contributed by atoms with Crippen molar-refractivity contribution in [2.24, 2.45) is 0 Å². The van der Waals surface area contributed by atoms with Crippen LogP contribution in [0, 0.1) is 0 Å². The summed E-state index contributed by atoms with van der Waals surface area (Å²) in [6.07, 6.45) is -0.226. The van der Waals surface area contributed by atoms with E-state index in [-0.39, 0.29) is 27.3 Å². The number of carboxylic acid groups (broad SMARTS) is 1. The summed E-state index contributed by atoms with van der Waals surface area (Å²) in [6, 6.07) is 1.38. The van der Waals surface area contributed by atoms with Crippen LogP contribution in [0.4, 0.5) is 0 Å². The molecule has 0 saturated carbocycles. The smallest absolute Gasteiger partial charge is 0.309 e. The molecule has 0 aromatic carbocycles. The van der Waals surface area contributed by atoms with Gasteiger partial charge in [0.05, 0.1) is 22.2 Å². The molecule has 0 amide bonds. The van der Waals surface area contributed by atoms with Gasteiger partial charge in [0.25, 0.3) is 0 Å². The van der Waals surface area contributed by atoms with E-state index in [0.717, 1.165) is 0 Å². The minimum atomic E-state index is -0.998. The molecule has 1 rings (SSSR count). The molecule has 0 spiro atoms. The van der Waals surface area contributed by atoms with Crippen LogP contribution < -0.4 is 0 Å². The van der Waals surface area contributed by atoms with Gasteiger partial charge in [-0.3, -0.25) is 4.79 Å². The summed E-state index contributed by atoms with van der Waals surface area (Å²) in [5, 5.41) is 8.82. The summed E-state index contributed by atoms with van der Waals surface area (Å²) in [6.45, 7) is 0. The van der Waals surface area contributed by atoms with Crippen molar-refractivity contribution in [2.45, 2.75) is 6.42 Å². The third-order valence-electron chi connectivity index (χ3n) is 1.26. The zero-order chi connectivity index (χ0) is 10.0. The van der Waals surface area contributed by atoms with Crippen LogP contribution in [0.5, 0.6) is 0 Å². The maximum atomic E-state index is 10.3. The number of carboxylic acids is 1. The molecule has 0 atom stereocenters. The van der Waals surface area contributed by atoms with Gasteiger partial charge in [0.15, 0.2) is 0 Å². The van der Waals surface area contributed by atoms with Gasteiger partial charge in [0.2, 0.25) is 0 Å². The van der Waals surface area contributed by atoms with E-state index in [4.69, 9.17) is 39.9 Å². The Kier molecular flexibility index (Phi) is 3.36. The number of halogens is 3. The normalized spacial score (nSPS) is 10.1. The van der Waals surface area contributed by atoms with E-state index in [1.54, 1.807) is 0 Å². The van der Waals surface area contributed by atoms with Crippen molar-refractivity contribution in [1.29, 1.82) is 0 Å². The average molecular weight is 240 g/mol. The van der Waals surface area contributed by atoms with E-state index in [1.807, 2.05) is 0 Å². The molecule has 1 aromatic rings. The van der Waals surface area contributed by atoms with E-state index >= 15 is 0 Å². The minimum absolute atomic E-state index is 0.0189. The molecule has 0 aliphatic rings. The van der Waals surface area contributed by atoms with Gasteiger partial charge in [0, 0.05) is 0 Å². The SMILES string of the molecule is O=C(O)Cc1cc(Cl)c(Cl)c(Cl)n1. The molecular formula is C7H4Cl3NO2. The maximum absolute atomic E-state index is 10.3. The van der Waals surface area contributed by atoms with Gasteiger partial charge in [-0.05, 0) is 6.07 Å². The molecule has 0 radical (unpaired) electrons. The molecular weight excluding hydrogens is 236 g/mol. The molecule has 70 valence electrons. The minimum Gasteiger partial charge on any atom is -0.481 e. The molecule has 0 unspecified atom stereocenters. The first-order chi connectivity index (χ1) is 6.00. The van der Waals surface area contributed by atoms with Gasteiger partial charge in [-0.15, -0.1) is 0 Å². The van der Waals surface area contributed by atoms with Crippen LogP contribution in [0.15, 0.2) is 6.07 Å². The number of pyridine rings is 1. The summed E-state index contributed by atoms with van der Waals surface area (Å²) in [4.78, 5) is 14.1. The highest BCUT2D eigenvalue weighted by Crippen LogP contribution is 2.28. The third-order valence-corrected chi connectivity index (χ3v) is 2.41. The Hall–Kier alpha value is -0.510. The molecule has 0 bridgehead atoms. The van der Waals surface area contributed by atoms with Gasteiger partial charge in [0.1, 0.15) is 5.15 Å². The number of hydrogen-bond donors (Lipinski definition) is 1. The number of aliphatic carboxylic acids is 1. The summed E-state index contributed by atoms with van der Waals surface area (Å²) >= 11 is 16.8. The Labute approximate surface area is 89.2 Å². The van der Waals surface area contributed by atoms with Gasteiger partial charge >= 0.3 is 5.97 Å². The number of nitrogens with zero attached hydrogens (tertiary/aromatic N) is 1. The Balaban J connectivity index is 3.06. The van der Waals surface area contributed by atoms with Gasteiger partial charge in [-0.2, -0.15) is 0 Å². The zero-order valence-electron chi connectivity index (χ0n) is 6.22. The van der Waals surface area contributed by atoms with Crippen LogP contribution in [-0.2, 0) is 11.2 Å². The molecule has 0 aliphatic carbocycles. The van der Waals surface area contributed by atoms with Crippen LogP contribution in [-0.4, -0.2) is 16.1 Å². The Morgan fingerprint density at radius 2 is 2.08 bits per heavy atom. The fraction of sp³-hybridized carbons (Fsp3) is 0.143. The maximum Gasteiger partial charge on any atom is 0.309 e. The molecule has 3 nitrogen and oxygen atoms in total. The molecule has 13 heavy (non-hydrogen) atoms. The van der Waals surface area contributed by atoms with Crippen molar-refractivity contribution >= 4 is 40.8 Å². The van der Waals surface area contributed by atoms with Crippen molar-refractivity contribution in [3.63, 3.8) is 0 Å². The van der Waals surface area contributed by atoms with Gasteiger partial charge < -0.3 is 5.11 Å². The monoisotopic (exact) mass is 239 g/mol. The molecule has 0 fully saturated rings.